The van der Waals surface area contributed by atoms with Gasteiger partial charge in [-0.05, 0) is 31.7 Å². The van der Waals surface area contributed by atoms with Crippen molar-refractivity contribution < 1.29 is 4.79 Å². The molecule has 1 saturated carbocycles. The summed E-state index contributed by atoms with van der Waals surface area (Å²) in [5.74, 6) is 0.934. The third-order valence-electron chi connectivity index (χ3n) is 4.26. The zero-order valence-electron chi connectivity index (χ0n) is 11.7. The molecule has 0 bridgehead atoms. The lowest BCUT2D eigenvalue weighted by Gasteiger charge is -2.19. The average molecular weight is 262 g/mol. The Morgan fingerprint density at radius 1 is 1.26 bits per heavy atom. The highest BCUT2D eigenvalue weighted by Gasteiger charge is 2.20. The maximum atomic E-state index is 12.2. The predicted molar refractivity (Wildman–Crippen MR) is 78.6 cm³/mol. The standard InChI is InChI=1S/C16H26N2O/c17-11-13-6-5-7-14(10-13)12-18-16(19)15-8-3-1-2-4-9-15/h5-7,13,15H,1-4,8-12,17H2,(H,18,19). The van der Waals surface area contributed by atoms with Gasteiger partial charge in [-0.15, -0.1) is 0 Å². The minimum absolute atomic E-state index is 0.243. The van der Waals surface area contributed by atoms with E-state index in [-0.39, 0.29) is 11.8 Å². The van der Waals surface area contributed by atoms with E-state index in [0.717, 1.165) is 19.3 Å². The number of nitrogens with one attached hydrogen (secondary N) is 1. The van der Waals surface area contributed by atoms with Crippen molar-refractivity contribution in [2.75, 3.05) is 13.1 Å². The first kappa shape index (κ1) is 14.3. The van der Waals surface area contributed by atoms with Gasteiger partial charge in [0.25, 0.3) is 0 Å². The molecule has 3 nitrogen and oxygen atoms in total. The fourth-order valence-electron chi connectivity index (χ4n) is 3.00. The molecule has 2 rings (SSSR count). The summed E-state index contributed by atoms with van der Waals surface area (Å²) in [6.07, 6.45) is 14.4. The Morgan fingerprint density at radius 2 is 2.00 bits per heavy atom. The van der Waals surface area contributed by atoms with Gasteiger partial charge in [-0.25, -0.2) is 0 Å². The second-order valence-electron chi connectivity index (χ2n) is 5.82. The van der Waals surface area contributed by atoms with Gasteiger partial charge in [0.2, 0.25) is 5.91 Å². The van der Waals surface area contributed by atoms with Crippen LogP contribution in [0.2, 0.25) is 0 Å². The fraction of sp³-hybridized carbons (Fsp3) is 0.688. The summed E-state index contributed by atoms with van der Waals surface area (Å²) in [5.41, 5.74) is 6.98. The minimum Gasteiger partial charge on any atom is -0.352 e. The molecule has 0 aromatic heterocycles. The molecule has 0 aromatic carbocycles. The van der Waals surface area contributed by atoms with Crippen LogP contribution in [-0.4, -0.2) is 19.0 Å². The Balaban J connectivity index is 1.76. The summed E-state index contributed by atoms with van der Waals surface area (Å²) in [6, 6.07) is 0. The summed E-state index contributed by atoms with van der Waals surface area (Å²) in [5, 5.41) is 3.11. The van der Waals surface area contributed by atoms with Crippen molar-refractivity contribution in [2.24, 2.45) is 17.6 Å². The predicted octanol–water partition coefficient (Wildman–Crippen LogP) is 2.53. The fourth-order valence-corrected chi connectivity index (χ4v) is 3.00. The van der Waals surface area contributed by atoms with E-state index in [9.17, 15) is 4.79 Å². The zero-order chi connectivity index (χ0) is 13.5. The van der Waals surface area contributed by atoms with E-state index < -0.39 is 0 Å². The van der Waals surface area contributed by atoms with Crippen LogP contribution >= 0.6 is 0 Å². The van der Waals surface area contributed by atoms with Gasteiger partial charge in [0.05, 0.1) is 0 Å². The van der Waals surface area contributed by atoms with Gasteiger partial charge in [0.15, 0.2) is 0 Å². The molecule has 1 unspecified atom stereocenters. The Kier molecular flexibility index (Phi) is 5.64. The molecule has 0 aromatic rings. The van der Waals surface area contributed by atoms with Crippen molar-refractivity contribution in [1.29, 1.82) is 0 Å². The number of hydrogen-bond acceptors (Lipinski definition) is 2. The number of rotatable bonds is 4. The highest BCUT2D eigenvalue weighted by molar-refractivity contribution is 5.78. The number of carbonyl (C=O) groups is 1. The van der Waals surface area contributed by atoms with E-state index in [0.29, 0.717) is 19.0 Å². The van der Waals surface area contributed by atoms with Gasteiger partial charge in [0, 0.05) is 12.5 Å². The lowest BCUT2D eigenvalue weighted by molar-refractivity contribution is -0.125. The van der Waals surface area contributed by atoms with Crippen molar-refractivity contribution in [1.82, 2.24) is 5.32 Å². The second kappa shape index (κ2) is 7.49. The molecular weight excluding hydrogens is 236 g/mol. The maximum absolute atomic E-state index is 12.2. The van der Waals surface area contributed by atoms with Crippen LogP contribution in [0.25, 0.3) is 0 Å². The molecule has 0 spiro atoms. The zero-order valence-corrected chi connectivity index (χ0v) is 11.7. The number of amides is 1. The van der Waals surface area contributed by atoms with Gasteiger partial charge >= 0.3 is 0 Å². The van der Waals surface area contributed by atoms with Crippen LogP contribution in [0, 0.1) is 11.8 Å². The summed E-state index contributed by atoms with van der Waals surface area (Å²) in [4.78, 5) is 12.2. The molecule has 2 aliphatic rings. The number of allylic oxidation sites excluding steroid dienone is 2. The van der Waals surface area contributed by atoms with Crippen LogP contribution in [0.5, 0.6) is 0 Å². The Bertz CT molecular complexity index is 352. The van der Waals surface area contributed by atoms with Crippen LogP contribution < -0.4 is 11.1 Å². The molecule has 0 radical (unpaired) electrons. The van der Waals surface area contributed by atoms with Crippen molar-refractivity contribution >= 4 is 5.91 Å². The molecule has 0 heterocycles. The molecule has 1 atom stereocenters. The summed E-state index contributed by atoms with van der Waals surface area (Å²) in [6.45, 7) is 1.38. The molecule has 1 fully saturated rings. The first-order valence-electron chi connectivity index (χ1n) is 7.63. The molecule has 3 heteroatoms. The average Bonchev–Trinajstić information content (AvgIpc) is 2.74. The highest BCUT2D eigenvalue weighted by Crippen LogP contribution is 2.23. The SMILES string of the molecule is NCC1C=CC=C(CNC(=O)C2CCCCCC2)C1. The summed E-state index contributed by atoms with van der Waals surface area (Å²) < 4.78 is 0. The second-order valence-corrected chi connectivity index (χ2v) is 5.82. The van der Waals surface area contributed by atoms with E-state index in [4.69, 9.17) is 5.73 Å². The largest absolute Gasteiger partial charge is 0.352 e. The topological polar surface area (TPSA) is 55.1 Å². The van der Waals surface area contributed by atoms with Crippen molar-refractivity contribution in [3.8, 4) is 0 Å². The van der Waals surface area contributed by atoms with Gasteiger partial charge < -0.3 is 11.1 Å². The number of nitrogens with two attached hydrogens (primary N) is 1. The summed E-state index contributed by atoms with van der Waals surface area (Å²) in [7, 11) is 0. The molecule has 19 heavy (non-hydrogen) atoms. The molecular formula is C16H26N2O. The van der Waals surface area contributed by atoms with Gasteiger partial charge in [-0.1, -0.05) is 49.5 Å². The Morgan fingerprint density at radius 3 is 2.68 bits per heavy atom. The molecule has 0 aliphatic heterocycles. The summed E-state index contributed by atoms with van der Waals surface area (Å²) >= 11 is 0. The smallest absolute Gasteiger partial charge is 0.223 e. The third kappa shape index (κ3) is 4.50. The molecule has 106 valence electrons. The van der Waals surface area contributed by atoms with E-state index in [2.05, 4.69) is 23.5 Å². The van der Waals surface area contributed by atoms with E-state index >= 15 is 0 Å². The van der Waals surface area contributed by atoms with Crippen molar-refractivity contribution in [3.63, 3.8) is 0 Å². The normalized spacial score (nSPS) is 24.7. The van der Waals surface area contributed by atoms with E-state index in [1.807, 2.05) is 0 Å². The minimum atomic E-state index is 0.243. The molecule has 2 aliphatic carbocycles. The van der Waals surface area contributed by atoms with Gasteiger partial charge in [0.1, 0.15) is 0 Å². The Hall–Kier alpha value is -1.09. The number of carbonyl (C=O) groups excluding carboxylic acids is 1. The van der Waals surface area contributed by atoms with Crippen LogP contribution in [0.15, 0.2) is 23.8 Å². The van der Waals surface area contributed by atoms with Crippen LogP contribution in [0.3, 0.4) is 0 Å². The van der Waals surface area contributed by atoms with Crippen LogP contribution in [0.4, 0.5) is 0 Å². The quantitative estimate of drug-likeness (QED) is 0.765. The van der Waals surface area contributed by atoms with E-state index in [1.54, 1.807) is 0 Å². The molecule has 1 amide bonds. The first-order valence-corrected chi connectivity index (χ1v) is 7.63. The third-order valence-corrected chi connectivity index (χ3v) is 4.26. The highest BCUT2D eigenvalue weighted by atomic mass is 16.1. The maximum Gasteiger partial charge on any atom is 0.223 e. The lowest BCUT2D eigenvalue weighted by Crippen LogP contribution is -2.32. The lowest BCUT2D eigenvalue weighted by atomic mass is 9.94. The molecule has 0 saturated heterocycles. The first-order chi connectivity index (χ1) is 9.29. The molecule has 3 N–H and O–H groups in total. The van der Waals surface area contributed by atoms with Crippen LogP contribution in [0.1, 0.15) is 44.9 Å². The van der Waals surface area contributed by atoms with Gasteiger partial charge in [-0.2, -0.15) is 0 Å². The van der Waals surface area contributed by atoms with Crippen LogP contribution in [-0.2, 0) is 4.79 Å². The Labute approximate surface area is 116 Å². The van der Waals surface area contributed by atoms with Crippen molar-refractivity contribution in [3.05, 3.63) is 23.8 Å². The monoisotopic (exact) mass is 262 g/mol. The number of hydrogen-bond donors (Lipinski definition) is 2. The van der Waals surface area contributed by atoms with Gasteiger partial charge in [-0.3, -0.25) is 4.79 Å². The van der Waals surface area contributed by atoms with E-state index in [1.165, 1.54) is 31.3 Å². The van der Waals surface area contributed by atoms with Crippen molar-refractivity contribution in [2.45, 2.75) is 44.9 Å².